The van der Waals surface area contributed by atoms with Gasteiger partial charge in [0.15, 0.2) is 18.1 Å². The first-order valence-corrected chi connectivity index (χ1v) is 13.2. The summed E-state index contributed by atoms with van der Waals surface area (Å²) in [6.45, 7) is 18.0. The monoisotopic (exact) mass is 754 g/mol. The second-order valence-electron chi connectivity index (χ2n) is 4.92. The second-order valence-corrected chi connectivity index (χ2v) is 15.4. The summed E-state index contributed by atoms with van der Waals surface area (Å²) in [5.74, 6) is 0. The molecule has 6 heteroatoms. The van der Waals surface area contributed by atoms with Crippen molar-refractivity contribution in [2.24, 2.45) is 0 Å². The van der Waals surface area contributed by atoms with Crippen LogP contribution in [0.1, 0.15) is 0 Å². The third kappa shape index (κ3) is 144. The third-order valence-corrected chi connectivity index (χ3v) is 3.67. The van der Waals surface area contributed by atoms with Crippen LogP contribution in [0, 0.1) is 0 Å². The quantitative estimate of drug-likeness (QED) is 0.393. The van der Waals surface area contributed by atoms with Crippen LogP contribution < -0.4 is 0 Å². The predicted molar refractivity (Wildman–Crippen MR) is 65.3 cm³/mol. The first-order chi connectivity index (χ1) is 5.13. The summed E-state index contributed by atoms with van der Waals surface area (Å²) in [4.78, 5) is 0. The van der Waals surface area contributed by atoms with Crippen LogP contribution >= 0.6 is 0 Å². The Morgan fingerprint density at radius 3 is 0.857 bits per heavy atom. The molecule has 1 nitrogen and oxygen atoms in total. The fraction of sp³-hybridized carbons (Fsp3) is 1.00. The van der Waals surface area contributed by atoms with E-state index in [1.807, 2.05) is 0 Å². The third-order valence-electron chi connectivity index (χ3n) is 0.408. The van der Waals surface area contributed by atoms with Gasteiger partial charge in [-0.25, -0.2) is 0 Å². The van der Waals surface area contributed by atoms with E-state index < -0.39 is 8.07 Å². The molecule has 0 aliphatic rings. The summed E-state index contributed by atoms with van der Waals surface area (Å²) in [5, 5.41) is 0. The van der Waals surface area contributed by atoms with Gasteiger partial charge in [0.05, 0.1) is 0 Å². The Morgan fingerprint density at radius 1 is 0.714 bits per heavy atom. The van der Waals surface area contributed by atoms with E-state index >= 15 is 0 Å². The van der Waals surface area contributed by atoms with Gasteiger partial charge in [-0.3, -0.25) is 0 Å². The molecule has 0 saturated carbocycles. The van der Waals surface area contributed by atoms with Crippen LogP contribution in [0.2, 0.25) is 52.4 Å². The van der Waals surface area contributed by atoms with Crippen molar-refractivity contribution in [3.8, 4) is 0 Å². The molecular weight excluding hydrogens is 730 g/mol. The van der Waals surface area contributed by atoms with E-state index in [0.29, 0.717) is 0 Å². The first kappa shape index (κ1) is 22.9. The summed E-state index contributed by atoms with van der Waals surface area (Å²) in [5.41, 5.74) is 0. The molecule has 14 heavy (non-hydrogen) atoms. The van der Waals surface area contributed by atoms with Crippen molar-refractivity contribution in [2.45, 2.75) is 52.4 Å². The van der Waals surface area contributed by atoms with Gasteiger partial charge in [0.1, 0.15) is 0 Å². The van der Waals surface area contributed by atoms with Gasteiger partial charge in [-0.1, -0.05) is 26.2 Å². The molecule has 0 N–H and O–H groups in total. The summed E-state index contributed by atoms with van der Waals surface area (Å²) < 4.78 is 5.45. The Balaban J connectivity index is -0.0000000651. The zero-order valence-corrected chi connectivity index (χ0v) is 27.1. The number of hydrogen-bond acceptors (Lipinski definition) is 1. The molecule has 0 aliphatic heterocycles. The van der Waals surface area contributed by atoms with Gasteiger partial charge in [0, 0.05) is 8.07 Å². The molecule has 0 spiro atoms. The van der Waals surface area contributed by atoms with E-state index in [4.69, 9.17) is 4.12 Å². The van der Waals surface area contributed by atoms with Crippen molar-refractivity contribution >= 4 is 26.2 Å². The molecule has 0 saturated heterocycles. The van der Waals surface area contributed by atoms with Crippen molar-refractivity contribution in [1.29, 1.82) is 0 Å². The smallest absolute Gasteiger partial charge is 0.191 e. The van der Waals surface area contributed by atoms with E-state index in [2.05, 4.69) is 52.4 Å². The van der Waals surface area contributed by atoms with Gasteiger partial charge < -0.3 is 4.12 Å². The fourth-order valence-electron chi connectivity index (χ4n) is 0.408. The Kier molecular flexibility index (Phi) is 15.9. The van der Waals surface area contributed by atoms with Gasteiger partial charge in [-0.15, -0.1) is 0 Å². The van der Waals surface area contributed by atoms with Crippen LogP contribution in [0.4, 0.5) is 0 Å². The maximum atomic E-state index is 5.45. The molecule has 0 atom stereocenters. The zero-order chi connectivity index (χ0) is 10.4. The topological polar surface area (TPSA) is 9.23 Å². The molecule has 0 aromatic carbocycles. The molecule has 0 fully saturated rings. The second kappa shape index (κ2) is 9.70. The summed E-state index contributed by atoms with van der Waals surface area (Å²) in [6, 6.07) is 0. The van der Waals surface area contributed by atoms with E-state index in [1.54, 1.807) is 0 Å². The van der Waals surface area contributed by atoms with Crippen molar-refractivity contribution < 1.29 is 4.12 Å². The summed E-state index contributed by atoms with van der Waals surface area (Å²) >= 11 is 0. The molecule has 0 aliphatic carbocycles. The Labute approximate surface area is 83.0 Å². The van der Waals surface area contributed by atoms with Crippen molar-refractivity contribution in [3.05, 3.63) is 0 Å². The van der Waals surface area contributed by atoms with Gasteiger partial charge >= 0.3 is 0 Å². The first-order valence-electron chi connectivity index (χ1n) is 4.41. The largest absolute Gasteiger partial charge is 0.456 e. The van der Waals surface area contributed by atoms with Crippen molar-refractivity contribution in [2.75, 3.05) is 0 Å². The van der Waals surface area contributed by atoms with Crippen molar-refractivity contribution in [3.63, 3.8) is 0 Å². The number of hydrogen-bond donors (Lipinski definition) is 0. The van der Waals surface area contributed by atoms with Crippen LogP contribution in [0.25, 0.3) is 0 Å². The van der Waals surface area contributed by atoms with E-state index in [-0.39, 0.29) is 18.1 Å². The Hall–Kier alpha value is -1.39. The fourth-order valence-corrected chi connectivity index (χ4v) is 3.67. The summed E-state index contributed by atoms with van der Waals surface area (Å²) in [6.07, 6.45) is 0. The van der Waals surface area contributed by atoms with Crippen LogP contribution in [-0.2, 0) is 4.12 Å². The normalized spacial score (nSPS) is 9.86. The van der Waals surface area contributed by atoms with Crippen LogP contribution in [0.5, 0.6) is 0 Å². The van der Waals surface area contributed by atoms with Gasteiger partial charge in [-0.2, -0.15) is 0 Å². The van der Waals surface area contributed by atoms with Crippen LogP contribution in [0.15, 0.2) is 0 Å². The average molecular weight is 755 g/mol. The maximum Gasteiger partial charge on any atom is 0.191 e. The SMILES string of the molecule is C[Si](C)(C)C.C[Si](C)O[Si](C)C.[Rf].[Rf]. The van der Waals surface area contributed by atoms with Crippen LogP contribution in [0.3, 0.4) is 0 Å². The standard InChI is InChI=1S/C4H12OSi2.C4H12Si.2Rf/c1-6(2)5-7(3)4;1-5(2,3)4;;/h1-4H3;1-4H3;;. The van der Waals surface area contributed by atoms with Crippen LogP contribution in [-0.4, -0.2) is 26.2 Å². The molecular formula is C8H24ORf2Si3. The van der Waals surface area contributed by atoms with Gasteiger partial charge in [0.25, 0.3) is 0 Å². The summed E-state index contributed by atoms with van der Waals surface area (Å²) in [7, 11) is -1.39. The number of rotatable bonds is 2. The minimum Gasteiger partial charge on any atom is -0.456 e. The molecule has 0 aromatic heterocycles. The Bertz CT molecular complexity index is 93.2. The van der Waals surface area contributed by atoms with E-state index in [0.717, 1.165) is 0 Å². The predicted octanol–water partition coefficient (Wildman–Crippen LogP) is 3.46. The minimum atomic E-state index is -0.611. The maximum absolute atomic E-state index is 5.45. The molecule has 0 unspecified atom stereocenters. The molecule has 0 amide bonds. The molecule has 78 valence electrons. The molecule has 0 aromatic rings. The molecule has 0 bridgehead atoms. The minimum absolute atomic E-state index is 0. The van der Waals surface area contributed by atoms with E-state index in [1.165, 1.54) is 0 Å². The molecule has 0 heterocycles. The van der Waals surface area contributed by atoms with Gasteiger partial charge in [-0.05, 0) is 26.2 Å². The van der Waals surface area contributed by atoms with Crippen molar-refractivity contribution in [1.82, 2.24) is 0 Å². The Morgan fingerprint density at radius 2 is 0.857 bits per heavy atom. The zero-order valence-electron chi connectivity index (χ0n) is 11.3. The molecule has 2 radical (unpaired) electrons. The molecule has 0 rings (SSSR count). The van der Waals surface area contributed by atoms with Gasteiger partial charge in [0.2, 0.25) is 0 Å². The van der Waals surface area contributed by atoms with E-state index in [9.17, 15) is 0 Å². The average Bonchev–Trinajstić information content (AvgIpc) is 1.52.